The Hall–Kier alpha value is -3.19. The highest BCUT2D eigenvalue weighted by molar-refractivity contribution is 5.95. The molecular weight excluding hydrogens is 376 g/mol. The van der Waals surface area contributed by atoms with Gasteiger partial charge in [-0.05, 0) is 55.9 Å². The topological polar surface area (TPSA) is 89.1 Å². The molecule has 2 aliphatic rings. The fourth-order valence-electron chi connectivity index (χ4n) is 4.52. The molecule has 30 heavy (non-hydrogen) atoms. The second kappa shape index (κ2) is 7.57. The van der Waals surface area contributed by atoms with E-state index >= 15 is 0 Å². The number of nitrogens with one attached hydrogen (secondary N) is 1. The number of pyridine rings is 1. The number of hydrogen-bond acceptors (Lipinski definition) is 5. The highest BCUT2D eigenvalue weighted by atomic mass is 16.1. The number of hydrogen-bond donors (Lipinski definition) is 2. The maximum atomic E-state index is 11.9. The summed E-state index contributed by atoms with van der Waals surface area (Å²) in [6.45, 7) is 5.30. The van der Waals surface area contributed by atoms with E-state index in [1.54, 1.807) is 0 Å². The van der Waals surface area contributed by atoms with Gasteiger partial charge in [0.1, 0.15) is 5.82 Å². The molecule has 0 atom stereocenters. The van der Waals surface area contributed by atoms with E-state index in [0.717, 1.165) is 58.7 Å². The number of rotatable bonds is 4. The highest BCUT2D eigenvalue weighted by Crippen LogP contribution is 2.37. The van der Waals surface area contributed by atoms with E-state index in [-0.39, 0.29) is 0 Å². The Labute approximate surface area is 175 Å². The number of carbonyl (C=O) groups is 1. The first kappa shape index (κ1) is 18.8. The fourth-order valence-corrected chi connectivity index (χ4v) is 4.52. The number of anilines is 1. The standard InChI is InChI=1S/C23H26N6O/c1-15-19(22(24)30)13-29-23(26-15)21(20(27-29)14-28-9-3-2-4-10-28)17-5-6-18-12-25-8-7-16(18)11-17/h5-8,11-12,26H,2-4,9-10,13-14H2,1H3,(H2,24,30). The summed E-state index contributed by atoms with van der Waals surface area (Å²) in [6, 6.07) is 8.46. The van der Waals surface area contributed by atoms with Crippen molar-refractivity contribution >= 4 is 22.5 Å². The minimum absolute atomic E-state index is 0.397. The third-order valence-corrected chi connectivity index (χ3v) is 6.14. The first-order valence-electron chi connectivity index (χ1n) is 10.5. The molecule has 1 aromatic carbocycles. The highest BCUT2D eigenvalue weighted by Gasteiger charge is 2.27. The number of piperidine rings is 1. The van der Waals surface area contributed by atoms with E-state index in [2.05, 4.69) is 33.4 Å². The zero-order valence-electron chi connectivity index (χ0n) is 17.2. The molecule has 0 spiro atoms. The molecule has 0 aliphatic carbocycles. The van der Waals surface area contributed by atoms with E-state index in [9.17, 15) is 4.79 Å². The van der Waals surface area contributed by atoms with E-state index < -0.39 is 5.91 Å². The van der Waals surface area contributed by atoms with Crippen LogP contribution in [0.3, 0.4) is 0 Å². The largest absolute Gasteiger partial charge is 0.366 e. The van der Waals surface area contributed by atoms with Crippen LogP contribution < -0.4 is 11.1 Å². The molecule has 3 aromatic rings. The summed E-state index contributed by atoms with van der Waals surface area (Å²) in [7, 11) is 0. The van der Waals surface area contributed by atoms with Gasteiger partial charge >= 0.3 is 0 Å². The number of nitrogens with zero attached hydrogens (tertiary/aromatic N) is 4. The lowest BCUT2D eigenvalue weighted by atomic mass is 10.0. The Morgan fingerprint density at radius 1 is 1.17 bits per heavy atom. The van der Waals surface area contributed by atoms with E-state index in [1.807, 2.05) is 30.1 Å². The first-order chi connectivity index (χ1) is 14.6. The number of aromatic nitrogens is 3. The predicted octanol–water partition coefficient (Wildman–Crippen LogP) is 3.27. The summed E-state index contributed by atoms with van der Waals surface area (Å²) < 4.78 is 1.89. The number of primary amides is 1. The molecule has 0 unspecified atom stereocenters. The van der Waals surface area contributed by atoms with Crippen LogP contribution in [0, 0.1) is 0 Å². The lowest BCUT2D eigenvalue weighted by Crippen LogP contribution is -2.29. The van der Waals surface area contributed by atoms with Crippen molar-refractivity contribution in [2.45, 2.75) is 39.3 Å². The van der Waals surface area contributed by atoms with Crippen LogP contribution in [0.5, 0.6) is 0 Å². The zero-order chi connectivity index (χ0) is 20.7. The summed E-state index contributed by atoms with van der Waals surface area (Å²) in [5.41, 5.74) is 10.2. The van der Waals surface area contributed by atoms with E-state index in [0.29, 0.717) is 12.1 Å². The number of carbonyl (C=O) groups excluding carboxylic acids is 1. The van der Waals surface area contributed by atoms with E-state index in [1.165, 1.54) is 19.3 Å². The van der Waals surface area contributed by atoms with Crippen molar-refractivity contribution in [2.75, 3.05) is 18.4 Å². The van der Waals surface area contributed by atoms with Crippen molar-refractivity contribution < 1.29 is 4.79 Å². The average molecular weight is 403 g/mol. The van der Waals surface area contributed by atoms with Crippen LogP contribution >= 0.6 is 0 Å². The van der Waals surface area contributed by atoms with Crippen LogP contribution in [0.25, 0.3) is 21.9 Å². The van der Waals surface area contributed by atoms with Gasteiger partial charge in [-0.1, -0.05) is 18.6 Å². The van der Waals surface area contributed by atoms with Crippen LogP contribution in [0.1, 0.15) is 31.9 Å². The van der Waals surface area contributed by atoms with Gasteiger partial charge in [-0.2, -0.15) is 5.10 Å². The molecule has 4 heterocycles. The van der Waals surface area contributed by atoms with Gasteiger partial charge in [-0.25, -0.2) is 4.68 Å². The van der Waals surface area contributed by atoms with Gasteiger partial charge in [0.25, 0.3) is 0 Å². The number of amides is 1. The first-order valence-corrected chi connectivity index (χ1v) is 10.5. The number of nitrogens with two attached hydrogens (primary N) is 1. The van der Waals surface area contributed by atoms with Crippen LogP contribution in [-0.4, -0.2) is 38.7 Å². The van der Waals surface area contributed by atoms with Gasteiger partial charge in [0.15, 0.2) is 0 Å². The van der Waals surface area contributed by atoms with E-state index in [4.69, 9.17) is 10.8 Å². The third-order valence-electron chi connectivity index (χ3n) is 6.14. The summed E-state index contributed by atoms with van der Waals surface area (Å²) >= 11 is 0. The minimum atomic E-state index is -0.404. The molecule has 154 valence electrons. The summed E-state index contributed by atoms with van der Waals surface area (Å²) in [5, 5.41) is 10.6. The fraction of sp³-hybridized carbons (Fsp3) is 0.348. The molecule has 0 saturated carbocycles. The molecular formula is C23H26N6O. The lowest BCUT2D eigenvalue weighted by Gasteiger charge is -2.26. The van der Waals surface area contributed by atoms with Crippen molar-refractivity contribution in [2.24, 2.45) is 5.73 Å². The third kappa shape index (κ3) is 3.35. The molecule has 1 fully saturated rings. The SMILES string of the molecule is CC1=C(C(N)=O)Cn2nc(CN3CCCCC3)c(-c3ccc4cnccc4c3)c2N1. The summed E-state index contributed by atoms with van der Waals surface area (Å²) in [4.78, 5) is 18.6. The Kier molecular flexibility index (Phi) is 4.75. The minimum Gasteiger partial charge on any atom is -0.366 e. The average Bonchev–Trinajstić information content (AvgIpc) is 3.10. The van der Waals surface area contributed by atoms with Gasteiger partial charge in [-0.3, -0.25) is 14.7 Å². The van der Waals surface area contributed by atoms with Crippen molar-refractivity contribution in [3.05, 3.63) is 53.6 Å². The van der Waals surface area contributed by atoms with Crippen molar-refractivity contribution in [1.29, 1.82) is 0 Å². The Morgan fingerprint density at radius 2 is 2.00 bits per heavy atom. The van der Waals surface area contributed by atoms with Gasteiger partial charge < -0.3 is 11.1 Å². The van der Waals surface area contributed by atoms with Crippen LogP contribution in [0.15, 0.2) is 47.9 Å². The smallest absolute Gasteiger partial charge is 0.248 e. The molecule has 0 radical (unpaired) electrons. The number of likely N-dealkylation sites (tertiary alicyclic amines) is 1. The van der Waals surface area contributed by atoms with Gasteiger partial charge in [0.05, 0.1) is 17.8 Å². The summed E-state index contributed by atoms with van der Waals surface area (Å²) in [6.07, 6.45) is 7.46. The van der Waals surface area contributed by atoms with Gasteiger partial charge in [0.2, 0.25) is 5.91 Å². The molecule has 0 bridgehead atoms. The van der Waals surface area contributed by atoms with Crippen LogP contribution in [-0.2, 0) is 17.9 Å². The maximum absolute atomic E-state index is 11.9. The number of allylic oxidation sites excluding steroid dienone is 1. The zero-order valence-corrected chi connectivity index (χ0v) is 17.2. The van der Waals surface area contributed by atoms with Crippen molar-refractivity contribution in [1.82, 2.24) is 19.7 Å². The van der Waals surface area contributed by atoms with Crippen molar-refractivity contribution in [3.63, 3.8) is 0 Å². The monoisotopic (exact) mass is 402 g/mol. The second-order valence-electron chi connectivity index (χ2n) is 8.20. The number of fused-ring (bicyclic) bond motifs is 2. The normalized spacial score (nSPS) is 17.1. The molecule has 7 heteroatoms. The van der Waals surface area contributed by atoms with Gasteiger partial charge in [-0.15, -0.1) is 0 Å². The Morgan fingerprint density at radius 3 is 2.80 bits per heavy atom. The maximum Gasteiger partial charge on any atom is 0.248 e. The molecule has 2 aliphatic heterocycles. The molecule has 1 saturated heterocycles. The Balaban J connectivity index is 1.61. The molecule has 1 amide bonds. The van der Waals surface area contributed by atoms with Gasteiger partial charge in [0, 0.05) is 35.6 Å². The quantitative estimate of drug-likeness (QED) is 0.699. The van der Waals surface area contributed by atoms with Crippen LogP contribution in [0.4, 0.5) is 5.82 Å². The Bertz CT molecular complexity index is 1160. The molecule has 5 rings (SSSR count). The molecule has 2 aromatic heterocycles. The molecule has 3 N–H and O–H groups in total. The van der Waals surface area contributed by atoms with Crippen LogP contribution in [0.2, 0.25) is 0 Å². The molecule has 7 nitrogen and oxygen atoms in total. The number of benzene rings is 1. The summed E-state index contributed by atoms with van der Waals surface area (Å²) in [5.74, 6) is 0.524. The second-order valence-corrected chi connectivity index (χ2v) is 8.20. The lowest BCUT2D eigenvalue weighted by molar-refractivity contribution is -0.114. The van der Waals surface area contributed by atoms with Crippen molar-refractivity contribution in [3.8, 4) is 11.1 Å². The predicted molar refractivity (Wildman–Crippen MR) is 118 cm³/mol.